The number of halogens is 2. The first-order valence-corrected chi connectivity index (χ1v) is 8.64. The first-order valence-electron chi connectivity index (χ1n) is 8.26. The molecule has 0 spiro atoms. The summed E-state index contributed by atoms with van der Waals surface area (Å²) >= 11 is 5.77. The molecule has 0 radical (unpaired) electrons. The first-order chi connectivity index (χ1) is 13.5. The van der Waals surface area contributed by atoms with Crippen LogP contribution >= 0.6 is 11.6 Å². The number of para-hydroxylation sites is 1. The number of esters is 1. The maximum atomic E-state index is 13.6. The molecule has 0 atom stereocenters. The maximum absolute atomic E-state index is 13.6. The van der Waals surface area contributed by atoms with Crippen LogP contribution in [0.25, 0.3) is 0 Å². The van der Waals surface area contributed by atoms with Crippen LogP contribution in [0.5, 0.6) is 11.5 Å². The second-order valence-corrected chi connectivity index (χ2v) is 6.13. The topological polar surface area (TPSA) is 64.6 Å². The molecule has 28 heavy (non-hydrogen) atoms. The average Bonchev–Trinajstić information content (AvgIpc) is 2.70. The molecule has 7 heteroatoms. The zero-order chi connectivity index (χ0) is 19.9. The molecule has 0 unspecified atom stereocenters. The summed E-state index contributed by atoms with van der Waals surface area (Å²) in [4.78, 5) is 24.1. The summed E-state index contributed by atoms with van der Waals surface area (Å²) in [5.74, 6) is -0.969. The number of amides is 1. The van der Waals surface area contributed by atoms with E-state index in [1.165, 1.54) is 24.3 Å². The standard InChI is InChI=1S/C21H15ClFNO4/c22-15-9-10-18(23)19(12-15)24-20(25)13-27-21(26)14-5-4-8-17(11-14)28-16-6-2-1-3-7-16/h1-12H,13H2,(H,24,25). The molecule has 0 saturated carbocycles. The van der Waals surface area contributed by atoms with Crippen molar-refractivity contribution in [2.45, 2.75) is 0 Å². The highest BCUT2D eigenvalue weighted by Gasteiger charge is 2.13. The zero-order valence-electron chi connectivity index (χ0n) is 14.5. The van der Waals surface area contributed by atoms with Gasteiger partial charge in [0.1, 0.15) is 17.3 Å². The van der Waals surface area contributed by atoms with Crippen LogP contribution in [0, 0.1) is 5.82 Å². The molecular weight excluding hydrogens is 385 g/mol. The van der Waals surface area contributed by atoms with E-state index in [1.807, 2.05) is 18.2 Å². The van der Waals surface area contributed by atoms with Crippen molar-refractivity contribution in [1.82, 2.24) is 0 Å². The highest BCUT2D eigenvalue weighted by atomic mass is 35.5. The van der Waals surface area contributed by atoms with Crippen LogP contribution in [-0.4, -0.2) is 18.5 Å². The SMILES string of the molecule is O=C(COC(=O)c1cccc(Oc2ccccc2)c1)Nc1cc(Cl)ccc1F. The third-order valence-corrected chi connectivity index (χ3v) is 3.82. The lowest BCUT2D eigenvalue weighted by atomic mass is 10.2. The van der Waals surface area contributed by atoms with Crippen molar-refractivity contribution in [2.75, 3.05) is 11.9 Å². The molecule has 0 aliphatic carbocycles. The van der Waals surface area contributed by atoms with Crippen LogP contribution in [0.2, 0.25) is 5.02 Å². The third kappa shape index (κ3) is 5.31. The van der Waals surface area contributed by atoms with Gasteiger partial charge in [-0.3, -0.25) is 4.79 Å². The van der Waals surface area contributed by atoms with E-state index in [1.54, 1.807) is 24.3 Å². The fraction of sp³-hybridized carbons (Fsp3) is 0.0476. The van der Waals surface area contributed by atoms with Crippen LogP contribution in [-0.2, 0) is 9.53 Å². The number of carbonyl (C=O) groups excluding carboxylic acids is 2. The zero-order valence-corrected chi connectivity index (χ0v) is 15.3. The lowest BCUT2D eigenvalue weighted by Gasteiger charge is -2.09. The van der Waals surface area contributed by atoms with Gasteiger partial charge in [0.2, 0.25) is 0 Å². The Balaban J connectivity index is 1.58. The quantitative estimate of drug-likeness (QED) is 0.588. The van der Waals surface area contributed by atoms with E-state index < -0.39 is 24.3 Å². The first kappa shape index (κ1) is 19.4. The van der Waals surface area contributed by atoms with E-state index in [2.05, 4.69) is 5.32 Å². The third-order valence-electron chi connectivity index (χ3n) is 3.59. The lowest BCUT2D eigenvalue weighted by molar-refractivity contribution is -0.119. The summed E-state index contributed by atoms with van der Waals surface area (Å²) in [5, 5.41) is 2.57. The molecule has 0 bridgehead atoms. The Hall–Kier alpha value is -3.38. The van der Waals surface area contributed by atoms with Gasteiger partial charge in [-0.05, 0) is 48.5 Å². The van der Waals surface area contributed by atoms with Crippen molar-refractivity contribution in [3.63, 3.8) is 0 Å². The maximum Gasteiger partial charge on any atom is 0.338 e. The van der Waals surface area contributed by atoms with E-state index in [4.69, 9.17) is 21.1 Å². The van der Waals surface area contributed by atoms with Crippen LogP contribution in [0.1, 0.15) is 10.4 Å². The van der Waals surface area contributed by atoms with Crippen LogP contribution in [0.3, 0.4) is 0 Å². The molecule has 5 nitrogen and oxygen atoms in total. The predicted molar refractivity (Wildman–Crippen MR) is 103 cm³/mol. The molecule has 0 fully saturated rings. The molecule has 0 heterocycles. The smallest absolute Gasteiger partial charge is 0.338 e. The number of nitrogens with one attached hydrogen (secondary N) is 1. The van der Waals surface area contributed by atoms with Gasteiger partial charge in [-0.2, -0.15) is 0 Å². The van der Waals surface area contributed by atoms with Gasteiger partial charge in [-0.15, -0.1) is 0 Å². The summed E-state index contributed by atoms with van der Waals surface area (Å²) in [7, 11) is 0. The van der Waals surface area contributed by atoms with Crippen LogP contribution < -0.4 is 10.1 Å². The Morgan fingerprint density at radius 2 is 1.68 bits per heavy atom. The minimum absolute atomic E-state index is 0.0909. The van der Waals surface area contributed by atoms with Gasteiger partial charge in [-0.1, -0.05) is 35.9 Å². The summed E-state index contributed by atoms with van der Waals surface area (Å²) in [6, 6.07) is 19.2. The van der Waals surface area contributed by atoms with Crippen molar-refractivity contribution in [2.24, 2.45) is 0 Å². The predicted octanol–water partition coefficient (Wildman–Crippen LogP) is 5.07. The largest absolute Gasteiger partial charge is 0.457 e. The molecule has 0 saturated heterocycles. The average molecular weight is 400 g/mol. The lowest BCUT2D eigenvalue weighted by Crippen LogP contribution is -2.21. The van der Waals surface area contributed by atoms with E-state index in [0.29, 0.717) is 11.5 Å². The number of ether oxygens (including phenoxy) is 2. The summed E-state index contributed by atoms with van der Waals surface area (Å²) < 4.78 is 24.3. The molecule has 3 rings (SSSR count). The molecule has 142 valence electrons. The van der Waals surface area contributed by atoms with E-state index in [0.717, 1.165) is 6.07 Å². The molecule has 0 aliphatic rings. The molecule has 3 aromatic rings. The molecule has 0 aliphatic heterocycles. The van der Waals surface area contributed by atoms with E-state index in [-0.39, 0.29) is 16.3 Å². The van der Waals surface area contributed by atoms with Crippen LogP contribution in [0.4, 0.5) is 10.1 Å². The number of benzene rings is 3. The number of hydrogen-bond donors (Lipinski definition) is 1. The van der Waals surface area contributed by atoms with Crippen LogP contribution in [0.15, 0.2) is 72.8 Å². The monoisotopic (exact) mass is 399 g/mol. The second kappa shape index (κ2) is 9.01. The van der Waals surface area contributed by atoms with Gasteiger partial charge in [-0.25, -0.2) is 9.18 Å². The Kier molecular flexibility index (Phi) is 6.24. The van der Waals surface area contributed by atoms with Gasteiger partial charge in [0, 0.05) is 5.02 Å². The molecule has 1 N–H and O–H groups in total. The highest BCUT2D eigenvalue weighted by molar-refractivity contribution is 6.30. The fourth-order valence-corrected chi connectivity index (χ4v) is 2.48. The van der Waals surface area contributed by atoms with Crippen molar-refractivity contribution in [3.05, 3.63) is 89.2 Å². The van der Waals surface area contributed by atoms with Gasteiger partial charge >= 0.3 is 5.97 Å². The Morgan fingerprint density at radius 3 is 2.46 bits per heavy atom. The summed E-state index contributed by atoms with van der Waals surface area (Å²) in [5.41, 5.74) is 0.127. The number of carbonyl (C=O) groups is 2. The van der Waals surface area contributed by atoms with Gasteiger partial charge in [0.15, 0.2) is 6.61 Å². The molecular formula is C21H15ClFNO4. The molecule has 1 amide bonds. The Morgan fingerprint density at radius 1 is 0.929 bits per heavy atom. The molecule has 3 aromatic carbocycles. The van der Waals surface area contributed by atoms with Gasteiger partial charge in [0.05, 0.1) is 11.3 Å². The number of rotatable bonds is 6. The summed E-state index contributed by atoms with van der Waals surface area (Å²) in [6.45, 7) is -0.575. The van der Waals surface area contributed by atoms with Crippen molar-refractivity contribution in [3.8, 4) is 11.5 Å². The minimum Gasteiger partial charge on any atom is -0.457 e. The van der Waals surface area contributed by atoms with Gasteiger partial charge < -0.3 is 14.8 Å². The van der Waals surface area contributed by atoms with E-state index >= 15 is 0 Å². The van der Waals surface area contributed by atoms with Crippen molar-refractivity contribution < 1.29 is 23.5 Å². The van der Waals surface area contributed by atoms with E-state index in [9.17, 15) is 14.0 Å². The number of hydrogen-bond acceptors (Lipinski definition) is 4. The minimum atomic E-state index is -0.708. The van der Waals surface area contributed by atoms with Crippen molar-refractivity contribution >= 4 is 29.2 Å². The van der Waals surface area contributed by atoms with Gasteiger partial charge in [0.25, 0.3) is 5.91 Å². The Bertz CT molecular complexity index is 995. The number of anilines is 1. The Labute approximate surface area is 165 Å². The van der Waals surface area contributed by atoms with Crippen molar-refractivity contribution in [1.29, 1.82) is 0 Å². The normalized spacial score (nSPS) is 10.2. The molecule has 0 aromatic heterocycles. The summed E-state index contributed by atoms with van der Waals surface area (Å²) in [6.07, 6.45) is 0. The highest BCUT2D eigenvalue weighted by Crippen LogP contribution is 2.22. The fourth-order valence-electron chi connectivity index (χ4n) is 2.31. The second-order valence-electron chi connectivity index (χ2n) is 5.69.